The number of halogens is 3. The van der Waals surface area contributed by atoms with E-state index in [-0.39, 0.29) is 17.5 Å². The van der Waals surface area contributed by atoms with Crippen molar-refractivity contribution in [1.82, 2.24) is 14.8 Å². The number of nitrogens with zero attached hydrogens (tertiary/aromatic N) is 4. The molecule has 5 aromatic rings. The highest BCUT2D eigenvalue weighted by atomic mass is 35.5. The first-order valence-corrected chi connectivity index (χ1v) is 17.1. The molecule has 1 amide bonds. The number of carbonyl (C=O) groups is 2. The maximum absolute atomic E-state index is 14.0. The molecule has 1 aliphatic carbocycles. The van der Waals surface area contributed by atoms with Crippen molar-refractivity contribution in [2.45, 2.75) is 31.8 Å². The van der Waals surface area contributed by atoms with Gasteiger partial charge >= 0.3 is 5.97 Å². The van der Waals surface area contributed by atoms with Crippen molar-refractivity contribution in [3.8, 4) is 11.3 Å². The Bertz CT molecular complexity index is 2060. The fourth-order valence-electron chi connectivity index (χ4n) is 6.49. The Kier molecular flexibility index (Phi) is 9.67. The van der Waals surface area contributed by atoms with E-state index in [1.165, 1.54) is 5.01 Å². The van der Waals surface area contributed by atoms with Gasteiger partial charge in [0.2, 0.25) is 0 Å². The number of rotatable bonds is 8. The van der Waals surface area contributed by atoms with Gasteiger partial charge in [-0.1, -0.05) is 108 Å². The molecule has 7 rings (SSSR count). The topological polar surface area (TPSA) is 76.8 Å². The van der Waals surface area contributed by atoms with E-state index in [9.17, 15) is 9.59 Å². The summed E-state index contributed by atoms with van der Waals surface area (Å²) in [6.45, 7) is -0.139. The Labute approximate surface area is 299 Å². The van der Waals surface area contributed by atoms with E-state index in [1.54, 1.807) is 10.9 Å². The molecular formula is C39H31Cl3N4O3. The number of amides is 1. The van der Waals surface area contributed by atoms with Crippen LogP contribution in [-0.2, 0) is 16.1 Å². The van der Waals surface area contributed by atoms with Gasteiger partial charge in [-0.3, -0.25) is 9.48 Å². The van der Waals surface area contributed by atoms with Gasteiger partial charge in [-0.15, -0.1) is 0 Å². The predicted octanol–water partition coefficient (Wildman–Crippen LogP) is 9.54. The molecular weight excluding hydrogens is 679 g/mol. The van der Waals surface area contributed by atoms with Crippen molar-refractivity contribution in [3.63, 3.8) is 0 Å². The minimum Gasteiger partial charge on any atom is -0.452 e. The van der Waals surface area contributed by atoms with Crippen LogP contribution in [0.2, 0.25) is 15.1 Å². The van der Waals surface area contributed by atoms with Gasteiger partial charge in [0.25, 0.3) is 5.91 Å². The van der Waals surface area contributed by atoms with Gasteiger partial charge in [0.15, 0.2) is 6.61 Å². The zero-order chi connectivity index (χ0) is 33.9. The minimum atomic E-state index is -0.659. The summed E-state index contributed by atoms with van der Waals surface area (Å²) >= 11 is 18.8. The monoisotopic (exact) mass is 708 g/mol. The summed E-state index contributed by atoms with van der Waals surface area (Å²) < 4.78 is 7.37. The SMILES string of the molecule is O=C(OCC(=O)N1N=C2/C(=C\c3ccc(Cl)cc3)CCCC2C1c1ccc(Cl)cc1)c1cn(Cc2ccccc2Cl)nc1-c1ccccc1. The number of fused-ring (bicyclic) bond motifs is 1. The first kappa shape index (κ1) is 32.8. The van der Waals surface area contributed by atoms with Gasteiger partial charge < -0.3 is 4.74 Å². The molecule has 0 saturated heterocycles. The van der Waals surface area contributed by atoms with Crippen LogP contribution in [0.25, 0.3) is 17.3 Å². The minimum absolute atomic E-state index is 0.0270. The van der Waals surface area contributed by atoms with Gasteiger partial charge in [-0.25, -0.2) is 9.80 Å². The Balaban J connectivity index is 1.16. The molecule has 0 bridgehead atoms. The molecule has 1 fully saturated rings. The lowest BCUT2D eigenvalue weighted by molar-refractivity contribution is -0.137. The molecule has 1 saturated carbocycles. The number of esters is 1. The van der Waals surface area contributed by atoms with E-state index in [1.807, 2.05) is 103 Å². The van der Waals surface area contributed by atoms with Crippen molar-refractivity contribution in [1.29, 1.82) is 0 Å². The number of benzene rings is 4. The molecule has 2 aliphatic rings. The Hall–Kier alpha value is -4.69. The fourth-order valence-corrected chi connectivity index (χ4v) is 6.94. The van der Waals surface area contributed by atoms with E-state index in [2.05, 4.69) is 6.08 Å². The van der Waals surface area contributed by atoms with Gasteiger partial charge in [-0.05, 0) is 77.9 Å². The number of allylic oxidation sites excluding steroid dienone is 1. The predicted molar refractivity (Wildman–Crippen MR) is 194 cm³/mol. The second-order valence-corrected chi connectivity index (χ2v) is 13.3. The molecule has 1 aromatic heterocycles. The van der Waals surface area contributed by atoms with Crippen molar-refractivity contribution in [3.05, 3.63) is 152 Å². The quantitative estimate of drug-likeness (QED) is 0.150. The average molecular weight is 710 g/mol. The van der Waals surface area contributed by atoms with Gasteiger partial charge in [0.05, 0.1) is 18.3 Å². The van der Waals surface area contributed by atoms with Crippen molar-refractivity contribution < 1.29 is 14.3 Å². The largest absolute Gasteiger partial charge is 0.452 e. The van der Waals surface area contributed by atoms with Crippen LogP contribution < -0.4 is 0 Å². The van der Waals surface area contributed by atoms with E-state index in [0.717, 1.165) is 52.8 Å². The molecule has 7 nitrogen and oxygen atoms in total. The second-order valence-electron chi connectivity index (χ2n) is 12.1. The standard InChI is InChI=1S/C39H31Cl3N4O3/c40-30-17-13-25(14-18-30)21-28-10-6-11-32-37(28)44-46(38(32)27-15-19-31(41)20-16-27)35(47)24-49-39(48)33-23-45(22-29-9-4-5-12-34(29)42)43-36(33)26-7-2-1-3-8-26/h1-5,7-9,12-21,23,32,38H,6,10-11,22,24H2/b28-21-. The highest BCUT2D eigenvalue weighted by Crippen LogP contribution is 2.44. The highest BCUT2D eigenvalue weighted by Gasteiger charge is 2.44. The summed E-state index contributed by atoms with van der Waals surface area (Å²) in [6.07, 6.45) is 6.39. The normalized spacial score (nSPS) is 17.9. The second kappa shape index (κ2) is 14.4. The highest BCUT2D eigenvalue weighted by molar-refractivity contribution is 6.31. The van der Waals surface area contributed by atoms with Crippen LogP contribution in [0.4, 0.5) is 0 Å². The van der Waals surface area contributed by atoms with Gasteiger partial charge in [0, 0.05) is 32.7 Å². The van der Waals surface area contributed by atoms with Crippen LogP contribution in [0.3, 0.4) is 0 Å². The average Bonchev–Trinajstić information content (AvgIpc) is 3.73. The van der Waals surface area contributed by atoms with Gasteiger partial charge in [-0.2, -0.15) is 10.2 Å². The summed E-state index contributed by atoms with van der Waals surface area (Å²) in [5.74, 6) is -1.11. The molecule has 4 aromatic carbocycles. The first-order chi connectivity index (χ1) is 23.8. The summed E-state index contributed by atoms with van der Waals surface area (Å²) in [5, 5.41) is 13.0. The number of hydrogen-bond donors (Lipinski definition) is 0. The maximum Gasteiger partial charge on any atom is 0.342 e. The van der Waals surface area contributed by atoms with Crippen molar-refractivity contribution >= 4 is 58.5 Å². The summed E-state index contributed by atoms with van der Waals surface area (Å²) in [6, 6.07) is 31.6. The molecule has 10 heteroatoms. The molecule has 2 atom stereocenters. The molecule has 2 heterocycles. The number of ether oxygens (including phenoxy) is 1. The Morgan fingerprint density at radius 2 is 1.55 bits per heavy atom. The number of hydrogen-bond acceptors (Lipinski definition) is 5. The van der Waals surface area contributed by atoms with Crippen LogP contribution in [0.5, 0.6) is 0 Å². The van der Waals surface area contributed by atoms with Crippen LogP contribution in [-0.4, -0.2) is 39.0 Å². The first-order valence-electron chi connectivity index (χ1n) is 16.0. The third kappa shape index (κ3) is 7.20. The molecule has 0 N–H and O–H groups in total. The van der Waals surface area contributed by atoms with Crippen LogP contribution in [0.1, 0.15) is 52.4 Å². The third-order valence-electron chi connectivity index (χ3n) is 8.83. The number of aromatic nitrogens is 2. The van der Waals surface area contributed by atoms with E-state index < -0.39 is 18.5 Å². The van der Waals surface area contributed by atoms with E-state index in [0.29, 0.717) is 27.3 Å². The number of hydrazone groups is 1. The van der Waals surface area contributed by atoms with Crippen molar-refractivity contribution in [2.75, 3.05) is 6.61 Å². The maximum atomic E-state index is 14.0. The molecule has 246 valence electrons. The summed E-state index contributed by atoms with van der Waals surface area (Å²) in [5.41, 5.74) is 6.16. The molecule has 49 heavy (non-hydrogen) atoms. The summed E-state index contributed by atoms with van der Waals surface area (Å²) in [4.78, 5) is 27.6. The van der Waals surface area contributed by atoms with Crippen LogP contribution >= 0.6 is 34.8 Å². The smallest absolute Gasteiger partial charge is 0.342 e. The molecule has 1 aliphatic heterocycles. The summed E-state index contributed by atoms with van der Waals surface area (Å²) in [7, 11) is 0. The lowest BCUT2D eigenvalue weighted by atomic mass is 9.77. The van der Waals surface area contributed by atoms with Crippen molar-refractivity contribution in [2.24, 2.45) is 11.0 Å². The Morgan fingerprint density at radius 1 is 0.857 bits per heavy atom. The zero-order valence-corrected chi connectivity index (χ0v) is 28.6. The zero-order valence-electron chi connectivity index (χ0n) is 26.3. The number of carbonyl (C=O) groups excluding carboxylic acids is 2. The molecule has 0 radical (unpaired) electrons. The molecule has 2 unspecified atom stereocenters. The lowest BCUT2D eigenvalue weighted by Gasteiger charge is -2.29. The van der Waals surface area contributed by atoms with Crippen LogP contribution in [0.15, 0.2) is 120 Å². The lowest BCUT2D eigenvalue weighted by Crippen LogP contribution is -2.34. The van der Waals surface area contributed by atoms with E-state index in [4.69, 9.17) is 49.7 Å². The fraction of sp³-hybridized carbons (Fsp3) is 0.179. The van der Waals surface area contributed by atoms with Gasteiger partial charge in [0.1, 0.15) is 11.3 Å². The van der Waals surface area contributed by atoms with Crippen LogP contribution in [0, 0.1) is 5.92 Å². The Morgan fingerprint density at radius 3 is 2.29 bits per heavy atom. The van der Waals surface area contributed by atoms with E-state index >= 15 is 0 Å². The third-order valence-corrected chi connectivity index (χ3v) is 9.70. The molecule has 0 spiro atoms.